The van der Waals surface area contributed by atoms with Crippen LogP contribution in [0, 0.1) is 12.7 Å². The minimum atomic E-state index is -3.71. The van der Waals surface area contributed by atoms with Crippen LogP contribution < -0.4 is 9.73 Å². The van der Waals surface area contributed by atoms with Gasteiger partial charge in [-0.2, -0.15) is 5.10 Å². The summed E-state index contributed by atoms with van der Waals surface area (Å²) in [7, 11) is -3.71. The Morgan fingerprint density at radius 2 is 2.00 bits per heavy atom. The molecule has 0 saturated carbocycles. The van der Waals surface area contributed by atoms with Gasteiger partial charge in [0.1, 0.15) is 12.4 Å². The van der Waals surface area contributed by atoms with Crippen molar-refractivity contribution in [3.63, 3.8) is 0 Å². The van der Waals surface area contributed by atoms with Gasteiger partial charge in [0, 0.05) is 10.6 Å². The molecule has 2 aromatic carbocycles. The molecule has 9 heteroatoms. The molecule has 0 saturated heterocycles. The number of carbonyl (C=O) groups is 1. The molecular weight excluding hydrogens is 381 g/mol. The molecule has 0 aliphatic heterocycles. The summed E-state index contributed by atoms with van der Waals surface area (Å²) in [4.78, 5) is 12.1. The summed E-state index contributed by atoms with van der Waals surface area (Å²) in [6, 6.07) is 10.6. The van der Waals surface area contributed by atoms with Crippen molar-refractivity contribution in [2.75, 3.05) is 17.1 Å². The van der Waals surface area contributed by atoms with Crippen LogP contribution in [0.4, 0.5) is 10.1 Å². The Balaban J connectivity index is 2.14. The molecule has 2 aromatic rings. The first kappa shape index (κ1) is 19.9. The number of nitrogens with one attached hydrogen (secondary N) is 1. The number of amides is 1. The third kappa shape index (κ3) is 5.27. The minimum Gasteiger partial charge on any atom is -0.271 e. The van der Waals surface area contributed by atoms with Gasteiger partial charge in [-0.3, -0.25) is 9.10 Å². The number of aryl methyl sites for hydroxylation is 1. The van der Waals surface area contributed by atoms with Crippen molar-refractivity contribution in [2.45, 2.75) is 6.92 Å². The molecule has 6 nitrogen and oxygen atoms in total. The highest BCUT2D eigenvalue weighted by atomic mass is 35.5. The lowest BCUT2D eigenvalue weighted by atomic mass is 10.2. The van der Waals surface area contributed by atoms with E-state index >= 15 is 0 Å². The van der Waals surface area contributed by atoms with Crippen LogP contribution in [0.15, 0.2) is 47.6 Å². The summed E-state index contributed by atoms with van der Waals surface area (Å²) in [5.41, 5.74) is 3.33. The lowest BCUT2D eigenvalue weighted by molar-refractivity contribution is -0.119. The highest BCUT2D eigenvalue weighted by molar-refractivity contribution is 7.92. The zero-order valence-corrected chi connectivity index (χ0v) is 15.7. The maximum atomic E-state index is 13.5. The Morgan fingerprint density at radius 1 is 1.31 bits per heavy atom. The molecule has 0 atom stereocenters. The molecule has 0 spiro atoms. The molecule has 0 bridgehead atoms. The lowest BCUT2D eigenvalue weighted by Gasteiger charge is -2.23. The normalized spacial score (nSPS) is 11.5. The van der Waals surface area contributed by atoms with Crippen LogP contribution in [0.2, 0.25) is 5.02 Å². The van der Waals surface area contributed by atoms with Gasteiger partial charge in [-0.05, 0) is 36.8 Å². The van der Waals surface area contributed by atoms with Gasteiger partial charge in [0.15, 0.2) is 0 Å². The number of carbonyl (C=O) groups excluding carboxylic acids is 1. The lowest BCUT2D eigenvalue weighted by Crippen LogP contribution is -2.39. The number of benzene rings is 2. The van der Waals surface area contributed by atoms with Crippen LogP contribution in [0.1, 0.15) is 11.1 Å². The molecule has 0 heterocycles. The minimum absolute atomic E-state index is 0.196. The third-order valence-corrected chi connectivity index (χ3v) is 4.77. The number of sulfonamides is 1. The predicted octanol–water partition coefficient (Wildman–Crippen LogP) is 2.70. The van der Waals surface area contributed by atoms with Crippen LogP contribution in [-0.4, -0.2) is 33.3 Å². The first-order valence-corrected chi connectivity index (χ1v) is 9.71. The molecule has 0 fully saturated rings. The van der Waals surface area contributed by atoms with Crippen LogP contribution in [0.3, 0.4) is 0 Å². The second kappa shape index (κ2) is 8.29. The van der Waals surface area contributed by atoms with Crippen LogP contribution in [0.25, 0.3) is 0 Å². The summed E-state index contributed by atoms with van der Waals surface area (Å²) in [5, 5.41) is 4.12. The number of hydrogen-bond acceptors (Lipinski definition) is 4. The van der Waals surface area contributed by atoms with Crippen LogP contribution in [-0.2, 0) is 14.8 Å². The van der Waals surface area contributed by atoms with Crippen molar-refractivity contribution >= 4 is 39.4 Å². The highest BCUT2D eigenvalue weighted by Crippen LogP contribution is 2.25. The van der Waals surface area contributed by atoms with E-state index in [1.165, 1.54) is 30.3 Å². The average molecular weight is 398 g/mol. The van der Waals surface area contributed by atoms with Crippen LogP contribution in [0.5, 0.6) is 0 Å². The maximum Gasteiger partial charge on any atom is 0.260 e. The van der Waals surface area contributed by atoms with Crippen molar-refractivity contribution in [1.82, 2.24) is 5.43 Å². The van der Waals surface area contributed by atoms with E-state index in [2.05, 4.69) is 10.5 Å². The number of anilines is 1. The quantitative estimate of drug-likeness (QED) is 0.601. The van der Waals surface area contributed by atoms with E-state index in [1.807, 2.05) is 0 Å². The molecule has 0 unspecified atom stereocenters. The number of rotatable bonds is 6. The fourth-order valence-electron chi connectivity index (χ4n) is 2.20. The fourth-order valence-corrected chi connectivity index (χ4v) is 3.34. The van der Waals surface area contributed by atoms with E-state index < -0.39 is 28.3 Å². The maximum absolute atomic E-state index is 13.5. The van der Waals surface area contributed by atoms with Crippen molar-refractivity contribution in [3.05, 3.63) is 64.4 Å². The standard InChI is InChI=1S/C17H17ClFN3O3S/c1-12-9-14(18)7-8-16(12)22(26(2,24)25)11-17(23)21-20-10-13-5-3-4-6-15(13)19/h3-10H,11H2,1-2H3,(H,21,23)/b20-10-. The van der Waals surface area contributed by atoms with Gasteiger partial charge >= 0.3 is 0 Å². The van der Waals surface area contributed by atoms with Gasteiger partial charge in [0.25, 0.3) is 5.91 Å². The number of hydrogen-bond donors (Lipinski definition) is 1. The highest BCUT2D eigenvalue weighted by Gasteiger charge is 2.22. The Hall–Kier alpha value is -2.45. The molecule has 0 aliphatic rings. The predicted molar refractivity (Wildman–Crippen MR) is 101 cm³/mol. The molecule has 1 N–H and O–H groups in total. The van der Waals surface area contributed by atoms with E-state index in [9.17, 15) is 17.6 Å². The van der Waals surface area contributed by atoms with Gasteiger partial charge in [-0.1, -0.05) is 29.8 Å². The number of halogens is 2. The molecular formula is C17H17ClFN3O3S. The van der Waals surface area contributed by atoms with Crippen molar-refractivity contribution in [1.29, 1.82) is 0 Å². The first-order chi connectivity index (χ1) is 12.2. The number of hydrazone groups is 1. The second-order valence-corrected chi connectivity index (χ2v) is 7.86. The molecule has 1 amide bonds. The topological polar surface area (TPSA) is 78.8 Å². The van der Waals surface area contributed by atoms with Crippen LogP contribution >= 0.6 is 11.6 Å². The monoisotopic (exact) mass is 397 g/mol. The molecule has 138 valence electrons. The summed E-state index contributed by atoms with van der Waals surface area (Å²) in [5.74, 6) is -1.16. The summed E-state index contributed by atoms with van der Waals surface area (Å²) in [6.07, 6.45) is 2.14. The Kier molecular flexibility index (Phi) is 6.33. The molecule has 0 radical (unpaired) electrons. The van der Waals surface area contributed by atoms with E-state index in [1.54, 1.807) is 19.1 Å². The Morgan fingerprint density at radius 3 is 2.62 bits per heavy atom. The molecule has 2 rings (SSSR count). The van der Waals surface area contributed by atoms with Gasteiger partial charge in [-0.25, -0.2) is 18.2 Å². The SMILES string of the molecule is Cc1cc(Cl)ccc1N(CC(=O)N/N=C\c1ccccc1F)S(C)(=O)=O. The van der Waals surface area contributed by atoms with Crippen molar-refractivity contribution in [3.8, 4) is 0 Å². The Labute approximate surface area is 156 Å². The number of nitrogens with zero attached hydrogens (tertiary/aromatic N) is 2. The van der Waals surface area contributed by atoms with Crippen molar-refractivity contribution < 1.29 is 17.6 Å². The summed E-state index contributed by atoms with van der Waals surface area (Å²) < 4.78 is 38.6. The smallest absolute Gasteiger partial charge is 0.260 e. The largest absolute Gasteiger partial charge is 0.271 e. The summed E-state index contributed by atoms with van der Waals surface area (Å²) in [6.45, 7) is 1.21. The first-order valence-electron chi connectivity index (χ1n) is 7.49. The van der Waals surface area contributed by atoms with Gasteiger partial charge in [0.05, 0.1) is 18.2 Å². The van der Waals surface area contributed by atoms with E-state index in [-0.39, 0.29) is 5.56 Å². The van der Waals surface area contributed by atoms with Crippen molar-refractivity contribution in [2.24, 2.45) is 5.10 Å². The Bertz CT molecular complexity index is 948. The molecule has 0 aromatic heterocycles. The zero-order valence-electron chi connectivity index (χ0n) is 14.1. The molecule has 0 aliphatic carbocycles. The van der Waals surface area contributed by atoms with E-state index in [0.29, 0.717) is 16.3 Å². The fraction of sp³-hybridized carbons (Fsp3) is 0.176. The average Bonchev–Trinajstić information content (AvgIpc) is 2.54. The van der Waals surface area contributed by atoms with E-state index in [0.717, 1.165) is 16.8 Å². The van der Waals surface area contributed by atoms with Gasteiger partial charge in [-0.15, -0.1) is 0 Å². The third-order valence-electron chi connectivity index (χ3n) is 3.41. The van der Waals surface area contributed by atoms with Gasteiger partial charge in [0.2, 0.25) is 10.0 Å². The van der Waals surface area contributed by atoms with Gasteiger partial charge < -0.3 is 0 Å². The molecule has 26 heavy (non-hydrogen) atoms. The second-order valence-electron chi connectivity index (χ2n) is 5.52. The van der Waals surface area contributed by atoms with E-state index in [4.69, 9.17) is 11.6 Å². The summed E-state index contributed by atoms with van der Waals surface area (Å²) >= 11 is 5.88. The zero-order chi connectivity index (χ0) is 19.3.